The van der Waals surface area contributed by atoms with E-state index in [1.807, 2.05) is 36.5 Å². The van der Waals surface area contributed by atoms with Crippen LogP contribution in [0.25, 0.3) is 16.8 Å². The summed E-state index contributed by atoms with van der Waals surface area (Å²) in [6.07, 6.45) is 4.93. The van der Waals surface area contributed by atoms with Crippen LogP contribution in [0, 0.1) is 0 Å². The van der Waals surface area contributed by atoms with Crippen molar-refractivity contribution in [2.75, 3.05) is 0 Å². The Morgan fingerprint density at radius 1 is 1.12 bits per heavy atom. The molecule has 128 valence electrons. The van der Waals surface area contributed by atoms with Crippen LogP contribution in [0.5, 0.6) is 0 Å². The average Bonchev–Trinajstić information content (AvgIpc) is 3.31. The predicted molar refractivity (Wildman–Crippen MR) is 103 cm³/mol. The van der Waals surface area contributed by atoms with Gasteiger partial charge in [-0.3, -0.25) is 4.79 Å². The smallest absolute Gasteiger partial charge is 0.166 e. The number of nitrogens with zero attached hydrogens (tertiary/aromatic N) is 3. The lowest BCUT2D eigenvalue weighted by Gasteiger charge is -2.22. The highest BCUT2D eigenvalue weighted by atomic mass is 35.5. The number of thiophene rings is 1. The third kappa shape index (κ3) is 2.55. The molecule has 0 spiro atoms. The Morgan fingerprint density at radius 2 is 1.96 bits per heavy atom. The van der Waals surface area contributed by atoms with Crippen LogP contribution in [0.3, 0.4) is 0 Å². The minimum absolute atomic E-state index is 0.141. The summed E-state index contributed by atoms with van der Waals surface area (Å²) in [6, 6.07) is 11.8. The van der Waals surface area contributed by atoms with Crippen LogP contribution < -0.4 is 0 Å². The highest BCUT2D eigenvalue weighted by molar-refractivity contribution is 7.10. The van der Waals surface area contributed by atoms with E-state index in [1.54, 1.807) is 22.0 Å². The van der Waals surface area contributed by atoms with Crippen LogP contribution in [0.1, 0.15) is 33.3 Å². The maximum absolute atomic E-state index is 12.7. The first-order valence-electron chi connectivity index (χ1n) is 8.39. The number of hydrogen-bond acceptors (Lipinski definition) is 4. The van der Waals surface area contributed by atoms with Gasteiger partial charge in [-0.05, 0) is 35.6 Å². The molecule has 4 aromatic rings. The predicted octanol–water partition coefficient (Wildman–Crippen LogP) is 5.02. The molecule has 1 aliphatic carbocycles. The Kier molecular flexibility index (Phi) is 3.65. The van der Waals surface area contributed by atoms with Crippen molar-refractivity contribution >= 4 is 34.4 Å². The first-order chi connectivity index (χ1) is 12.7. The Bertz CT molecular complexity index is 1120. The van der Waals surface area contributed by atoms with E-state index in [0.717, 1.165) is 28.9 Å². The molecule has 5 rings (SSSR count). The molecule has 0 amide bonds. The number of carbonyl (C=O) groups excluding carboxylic acids is 1. The summed E-state index contributed by atoms with van der Waals surface area (Å²) >= 11 is 7.70. The van der Waals surface area contributed by atoms with Crippen molar-refractivity contribution in [2.24, 2.45) is 0 Å². The molecular formula is C20H14ClN3OS. The second kappa shape index (κ2) is 6.04. The molecule has 0 N–H and O–H groups in total. The van der Waals surface area contributed by atoms with Crippen LogP contribution in [-0.4, -0.2) is 20.4 Å². The normalized spacial score (nSPS) is 16.8. The molecule has 26 heavy (non-hydrogen) atoms. The number of Topliss-reactive ketones (excluding diaryl/α,β-unsaturated/α-hetero) is 1. The maximum atomic E-state index is 12.7. The van der Waals surface area contributed by atoms with Gasteiger partial charge in [-0.15, -0.1) is 11.3 Å². The molecule has 0 saturated carbocycles. The van der Waals surface area contributed by atoms with Gasteiger partial charge in [0, 0.05) is 34.0 Å². The van der Waals surface area contributed by atoms with E-state index in [0.29, 0.717) is 17.0 Å². The molecule has 0 radical (unpaired) electrons. The summed E-state index contributed by atoms with van der Waals surface area (Å²) in [5, 5.41) is 7.15. The molecule has 0 aliphatic heterocycles. The number of fused-ring (bicyclic) bond motifs is 2. The van der Waals surface area contributed by atoms with Crippen molar-refractivity contribution in [1.29, 1.82) is 0 Å². The molecule has 3 heterocycles. The van der Waals surface area contributed by atoms with Gasteiger partial charge in [-0.2, -0.15) is 5.10 Å². The summed E-state index contributed by atoms with van der Waals surface area (Å²) in [6.45, 7) is 0. The van der Waals surface area contributed by atoms with Gasteiger partial charge in [-0.25, -0.2) is 9.50 Å². The molecular weight excluding hydrogens is 366 g/mol. The van der Waals surface area contributed by atoms with Gasteiger partial charge in [-0.1, -0.05) is 29.8 Å². The van der Waals surface area contributed by atoms with Gasteiger partial charge in [0.1, 0.15) is 0 Å². The topological polar surface area (TPSA) is 47.3 Å². The van der Waals surface area contributed by atoms with Gasteiger partial charge >= 0.3 is 0 Å². The van der Waals surface area contributed by atoms with Crippen molar-refractivity contribution in [2.45, 2.75) is 18.8 Å². The lowest BCUT2D eigenvalue weighted by atomic mass is 9.85. The zero-order chi connectivity index (χ0) is 17.7. The van der Waals surface area contributed by atoms with E-state index < -0.39 is 0 Å². The van der Waals surface area contributed by atoms with E-state index in [-0.39, 0.29) is 11.7 Å². The maximum Gasteiger partial charge on any atom is 0.166 e. The molecule has 1 aliphatic rings. The van der Waals surface area contributed by atoms with Gasteiger partial charge in [0.25, 0.3) is 0 Å². The largest absolute Gasteiger partial charge is 0.294 e. The van der Waals surface area contributed by atoms with Gasteiger partial charge in [0.15, 0.2) is 11.4 Å². The number of rotatable bonds is 2. The second-order valence-electron chi connectivity index (χ2n) is 6.48. The van der Waals surface area contributed by atoms with Crippen molar-refractivity contribution in [1.82, 2.24) is 14.6 Å². The van der Waals surface area contributed by atoms with Crippen LogP contribution in [0.4, 0.5) is 0 Å². The van der Waals surface area contributed by atoms with E-state index in [9.17, 15) is 4.79 Å². The first-order valence-corrected chi connectivity index (χ1v) is 9.64. The summed E-state index contributed by atoms with van der Waals surface area (Å²) in [4.78, 5) is 18.7. The highest BCUT2D eigenvalue weighted by Crippen LogP contribution is 2.35. The van der Waals surface area contributed by atoms with Gasteiger partial charge in [0.2, 0.25) is 0 Å². The molecule has 0 saturated heterocycles. The summed E-state index contributed by atoms with van der Waals surface area (Å²) in [5.74, 6) is 0.356. The number of benzene rings is 1. The van der Waals surface area contributed by atoms with E-state index >= 15 is 0 Å². The van der Waals surface area contributed by atoms with Gasteiger partial charge < -0.3 is 0 Å². The number of hydrogen-bond donors (Lipinski definition) is 0. The van der Waals surface area contributed by atoms with Gasteiger partial charge in [0.05, 0.1) is 17.5 Å². The van der Waals surface area contributed by atoms with Crippen molar-refractivity contribution in [3.8, 4) is 11.1 Å². The molecule has 1 atom stereocenters. The van der Waals surface area contributed by atoms with Crippen molar-refractivity contribution in [3.05, 3.63) is 75.3 Å². The summed E-state index contributed by atoms with van der Waals surface area (Å²) in [7, 11) is 0. The van der Waals surface area contributed by atoms with Crippen LogP contribution in [0.15, 0.2) is 54.2 Å². The fourth-order valence-corrected chi connectivity index (χ4v) is 4.49. The number of carbonyl (C=O) groups is 1. The summed E-state index contributed by atoms with van der Waals surface area (Å²) < 4.78 is 1.70. The fourth-order valence-electron chi connectivity index (χ4n) is 3.53. The number of halogens is 1. The first kappa shape index (κ1) is 15.7. The molecule has 1 aromatic carbocycles. The SMILES string of the molecule is O=C1CC(c2cccs2)Cc2nc3c(-c4ccc(Cl)cc4)cnn3cc21. The Hall–Kier alpha value is -2.50. The Labute approximate surface area is 159 Å². The van der Waals surface area contributed by atoms with Crippen LogP contribution >= 0.6 is 22.9 Å². The van der Waals surface area contributed by atoms with Crippen molar-refractivity contribution < 1.29 is 4.79 Å². The van der Waals surface area contributed by atoms with E-state index in [4.69, 9.17) is 16.6 Å². The zero-order valence-electron chi connectivity index (χ0n) is 13.7. The molecule has 0 bridgehead atoms. The highest BCUT2D eigenvalue weighted by Gasteiger charge is 2.29. The molecule has 1 unspecified atom stereocenters. The molecule has 6 heteroatoms. The monoisotopic (exact) mass is 379 g/mol. The van der Waals surface area contributed by atoms with Crippen molar-refractivity contribution in [3.63, 3.8) is 0 Å². The number of aromatic nitrogens is 3. The van der Waals surface area contributed by atoms with E-state index in [1.165, 1.54) is 4.88 Å². The molecule has 0 fully saturated rings. The quantitative estimate of drug-likeness (QED) is 0.491. The van der Waals surface area contributed by atoms with Crippen LogP contribution in [0.2, 0.25) is 5.02 Å². The summed E-state index contributed by atoms with van der Waals surface area (Å²) in [5.41, 5.74) is 4.27. The minimum atomic E-state index is 0.141. The fraction of sp³-hybridized carbons (Fsp3) is 0.150. The Morgan fingerprint density at radius 3 is 2.73 bits per heavy atom. The molecule has 4 nitrogen and oxygen atoms in total. The lowest BCUT2D eigenvalue weighted by molar-refractivity contribution is 0.0963. The average molecular weight is 380 g/mol. The third-order valence-electron chi connectivity index (χ3n) is 4.85. The number of ketones is 1. The standard InChI is InChI=1S/C20H14ClN3OS/c21-14-5-3-12(4-6-14)15-10-22-24-11-16-17(23-20(15)24)8-13(9-18(16)25)19-2-1-7-26-19/h1-7,10-11,13H,8-9H2. The minimum Gasteiger partial charge on any atom is -0.294 e. The third-order valence-corrected chi connectivity index (χ3v) is 6.13. The van der Waals surface area contributed by atoms with E-state index in [2.05, 4.69) is 16.5 Å². The van der Waals surface area contributed by atoms with Crippen LogP contribution in [-0.2, 0) is 6.42 Å². The Balaban J connectivity index is 1.62. The lowest BCUT2D eigenvalue weighted by Crippen LogP contribution is -2.20. The second-order valence-corrected chi connectivity index (χ2v) is 7.89. The zero-order valence-corrected chi connectivity index (χ0v) is 15.3. The molecule has 3 aromatic heterocycles.